The number of nitrogens with one attached hydrogen (secondary N) is 1. The fourth-order valence-corrected chi connectivity index (χ4v) is 2.30. The van der Waals surface area contributed by atoms with Crippen molar-refractivity contribution in [3.05, 3.63) is 51.5 Å². The number of amides is 1. The summed E-state index contributed by atoms with van der Waals surface area (Å²) in [7, 11) is 0. The number of hydrogen-bond donors (Lipinski definition) is 1. The standard InChI is InChI=1S/C13H9F4NOS/c1-7-2-5-11(20-7)12(19)18-10-6-8(13(15,16)17)3-4-9(10)14/h2-6H,1H3,(H,18,19). The molecule has 0 unspecified atom stereocenters. The van der Waals surface area contributed by atoms with Crippen molar-refractivity contribution in [2.45, 2.75) is 13.1 Å². The largest absolute Gasteiger partial charge is 0.416 e. The number of thiophene rings is 1. The average molecular weight is 303 g/mol. The maximum atomic E-state index is 13.5. The lowest BCUT2D eigenvalue weighted by molar-refractivity contribution is -0.137. The van der Waals surface area contributed by atoms with Gasteiger partial charge >= 0.3 is 6.18 Å². The highest BCUT2D eigenvalue weighted by atomic mass is 32.1. The molecule has 1 N–H and O–H groups in total. The Morgan fingerprint density at radius 3 is 2.45 bits per heavy atom. The summed E-state index contributed by atoms with van der Waals surface area (Å²) >= 11 is 1.17. The fraction of sp³-hybridized carbons (Fsp3) is 0.154. The zero-order valence-electron chi connectivity index (χ0n) is 10.2. The van der Waals surface area contributed by atoms with Gasteiger partial charge in [0.2, 0.25) is 0 Å². The van der Waals surface area contributed by atoms with Crippen LogP contribution in [0, 0.1) is 12.7 Å². The minimum absolute atomic E-state index is 0.305. The Hall–Kier alpha value is -1.89. The molecule has 106 valence electrons. The second-order valence-electron chi connectivity index (χ2n) is 4.06. The highest BCUT2D eigenvalue weighted by Crippen LogP contribution is 2.32. The van der Waals surface area contributed by atoms with Crippen molar-refractivity contribution < 1.29 is 22.4 Å². The van der Waals surface area contributed by atoms with Crippen molar-refractivity contribution >= 4 is 22.9 Å². The molecule has 0 aliphatic carbocycles. The summed E-state index contributed by atoms with van der Waals surface area (Å²) in [6, 6.07) is 5.11. The van der Waals surface area contributed by atoms with E-state index in [-0.39, 0.29) is 0 Å². The van der Waals surface area contributed by atoms with E-state index in [1.165, 1.54) is 17.4 Å². The summed E-state index contributed by atoms with van der Waals surface area (Å²) in [5.74, 6) is -1.55. The molecule has 2 aromatic rings. The van der Waals surface area contributed by atoms with Gasteiger partial charge in [0.15, 0.2) is 0 Å². The van der Waals surface area contributed by atoms with Crippen molar-refractivity contribution in [2.75, 3.05) is 5.32 Å². The molecular formula is C13H9F4NOS. The van der Waals surface area contributed by atoms with Crippen molar-refractivity contribution in [1.29, 1.82) is 0 Å². The first-order valence-corrected chi connectivity index (χ1v) is 6.33. The highest BCUT2D eigenvalue weighted by Gasteiger charge is 2.31. The minimum atomic E-state index is -4.59. The van der Waals surface area contributed by atoms with E-state index in [0.717, 1.165) is 4.88 Å². The number of carbonyl (C=O) groups is 1. The van der Waals surface area contributed by atoms with E-state index in [1.807, 2.05) is 0 Å². The number of aryl methyl sites for hydroxylation is 1. The normalized spacial score (nSPS) is 11.4. The van der Waals surface area contributed by atoms with Crippen LogP contribution in [-0.4, -0.2) is 5.91 Å². The second kappa shape index (κ2) is 5.24. The van der Waals surface area contributed by atoms with E-state index >= 15 is 0 Å². The molecule has 1 aromatic heterocycles. The molecule has 1 heterocycles. The molecule has 1 aromatic carbocycles. The fourth-order valence-electron chi connectivity index (χ4n) is 1.54. The third-order valence-electron chi connectivity index (χ3n) is 2.51. The molecule has 7 heteroatoms. The molecule has 0 fully saturated rings. The van der Waals surface area contributed by atoms with Crippen LogP contribution in [0.1, 0.15) is 20.1 Å². The molecule has 0 spiro atoms. The third kappa shape index (κ3) is 3.16. The van der Waals surface area contributed by atoms with E-state index in [2.05, 4.69) is 5.32 Å². The van der Waals surface area contributed by atoms with Gasteiger partial charge in [-0.3, -0.25) is 4.79 Å². The molecule has 20 heavy (non-hydrogen) atoms. The maximum Gasteiger partial charge on any atom is 0.416 e. The minimum Gasteiger partial charge on any atom is -0.319 e. The van der Waals surface area contributed by atoms with Crippen LogP contribution in [0.3, 0.4) is 0 Å². The molecule has 2 nitrogen and oxygen atoms in total. The number of benzene rings is 1. The Bertz CT molecular complexity index is 648. The van der Waals surface area contributed by atoms with Gasteiger partial charge in [0.25, 0.3) is 5.91 Å². The predicted molar refractivity (Wildman–Crippen MR) is 68.4 cm³/mol. The summed E-state index contributed by atoms with van der Waals surface area (Å²) in [5.41, 5.74) is -1.51. The van der Waals surface area contributed by atoms with Gasteiger partial charge in [-0.15, -0.1) is 11.3 Å². The van der Waals surface area contributed by atoms with Gasteiger partial charge in [0, 0.05) is 4.88 Å². The molecule has 0 saturated heterocycles. The summed E-state index contributed by atoms with van der Waals surface area (Å²) in [4.78, 5) is 13.0. The summed E-state index contributed by atoms with van der Waals surface area (Å²) < 4.78 is 51.1. The topological polar surface area (TPSA) is 29.1 Å². The molecule has 0 atom stereocenters. The zero-order valence-corrected chi connectivity index (χ0v) is 11.0. The lowest BCUT2D eigenvalue weighted by Gasteiger charge is -2.10. The molecule has 0 aliphatic heterocycles. The number of alkyl halides is 3. The zero-order chi connectivity index (χ0) is 14.9. The molecule has 1 amide bonds. The van der Waals surface area contributed by atoms with Crippen LogP contribution in [-0.2, 0) is 6.18 Å². The molecular weight excluding hydrogens is 294 g/mol. The third-order valence-corrected chi connectivity index (χ3v) is 3.51. The van der Waals surface area contributed by atoms with Gasteiger partial charge in [0.1, 0.15) is 5.82 Å². The SMILES string of the molecule is Cc1ccc(C(=O)Nc2cc(C(F)(F)F)ccc2F)s1. The van der Waals surface area contributed by atoms with E-state index in [0.29, 0.717) is 23.1 Å². The van der Waals surface area contributed by atoms with E-state index in [9.17, 15) is 22.4 Å². The average Bonchev–Trinajstić information content (AvgIpc) is 2.77. The maximum absolute atomic E-state index is 13.5. The Morgan fingerprint density at radius 2 is 1.90 bits per heavy atom. The van der Waals surface area contributed by atoms with Gasteiger partial charge in [-0.2, -0.15) is 13.2 Å². The van der Waals surface area contributed by atoms with E-state index in [4.69, 9.17) is 0 Å². The Labute approximate surface area is 116 Å². The molecule has 2 rings (SSSR count). The van der Waals surface area contributed by atoms with Crippen LogP contribution in [0.2, 0.25) is 0 Å². The first-order chi connectivity index (χ1) is 9.27. The Balaban J connectivity index is 2.27. The van der Waals surface area contributed by atoms with Crippen molar-refractivity contribution in [1.82, 2.24) is 0 Å². The first kappa shape index (κ1) is 14.5. The van der Waals surface area contributed by atoms with E-state index < -0.39 is 29.2 Å². The van der Waals surface area contributed by atoms with Crippen molar-refractivity contribution in [3.63, 3.8) is 0 Å². The van der Waals surface area contributed by atoms with Crippen LogP contribution < -0.4 is 5.32 Å². The highest BCUT2D eigenvalue weighted by molar-refractivity contribution is 7.14. The predicted octanol–water partition coefficient (Wildman–Crippen LogP) is 4.47. The first-order valence-electron chi connectivity index (χ1n) is 5.52. The van der Waals surface area contributed by atoms with Crippen LogP contribution in [0.5, 0.6) is 0 Å². The van der Waals surface area contributed by atoms with Gasteiger partial charge in [-0.1, -0.05) is 0 Å². The van der Waals surface area contributed by atoms with Gasteiger partial charge in [-0.25, -0.2) is 4.39 Å². The summed E-state index contributed by atoms with van der Waals surface area (Å²) in [5, 5.41) is 2.15. The quantitative estimate of drug-likeness (QED) is 0.815. The van der Waals surface area contributed by atoms with Gasteiger partial charge in [0.05, 0.1) is 16.1 Å². The van der Waals surface area contributed by atoms with Crippen LogP contribution in [0.4, 0.5) is 23.2 Å². The number of hydrogen-bond acceptors (Lipinski definition) is 2. The lowest BCUT2D eigenvalue weighted by Crippen LogP contribution is -2.13. The van der Waals surface area contributed by atoms with E-state index in [1.54, 1.807) is 13.0 Å². The molecule has 0 bridgehead atoms. The second-order valence-corrected chi connectivity index (χ2v) is 5.34. The Morgan fingerprint density at radius 1 is 1.20 bits per heavy atom. The lowest BCUT2D eigenvalue weighted by atomic mass is 10.2. The summed E-state index contributed by atoms with van der Waals surface area (Å²) in [6.45, 7) is 1.78. The number of carbonyl (C=O) groups excluding carboxylic acids is 1. The number of halogens is 4. The van der Waals surface area contributed by atoms with Crippen LogP contribution in [0.25, 0.3) is 0 Å². The van der Waals surface area contributed by atoms with Crippen LogP contribution >= 0.6 is 11.3 Å². The monoisotopic (exact) mass is 303 g/mol. The van der Waals surface area contributed by atoms with Crippen LogP contribution in [0.15, 0.2) is 30.3 Å². The summed E-state index contributed by atoms with van der Waals surface area (Å²) in [6.07, 6.45) is -4.59. The molecule has 0 aliphatic rings. The van der Waals surface area contributed by atoms with Gasteiger partial charge < -0.3 is 5.32 Å². The van der Waals surface area contributed by atoms with Gasteiger partial charge in [-0.05, 0) is 37.3 Å². The van der Waals surface area contributed by atoms with Crippen molar-refractivity contribution in [3.8, 4) is 0 Å². The Kier molecular flexibility index (Phi) is 3.80. The number of anilines is 1. The number of rotatable bonds is 2. The molecule has 0 saturated carbocycles. The van der Waals surface area contributed by atoms with Crippen molar-refractivity contribution in [2.24, 2.45) is 0 Å². The smallest absolute Gasteiger partial charge is 0.319 e. The molecule has 0 radical (unpaired) electrons.